The van der Waals surface area contributed by atoms with E-state index in [4.69, 9.17) is 10.5 Å². The minimum Gasteiger partial charge on any atom is -0.481 e. The predicted molar refractivity (Wildman–Crippen MR) is 114 cm³/mol. The van der Waals surface area contributed by atoms with E-state index < -0.39 is 6.10 Å². The molecule has 0 radical (unpaired) electrons. The summed E-state index contributed by atoms with van der Waals surface area (Å²) in [4.78, 5) is 26.7. The highest BCUT2D eigenvalue weighted by molar-refractivity contribution is 5.85. The van der Waals surface area contributed by atoms with Crippen molar-refractivity contribution in [2.75, 3.05) is 26.2 Å². The molecular formula is C21H34ClN3O3. The van der Waals surface area contributed by atoms with Crippen LogP contribution in [-0.4, -0.2) is 49.0 Å². The molecule has 0 aliphatic carbocycles. The Morgan fingerprint density at radius 2 is 1.93 bits per heavy atom. The molecule has 2 atom stereocenters. The number of amides is 2. The molecule has 0 bridgehead atoms. The lowest BCUT2D eigenvalue weighted by Gasteiger charge is -2.33. The SMILES string of the molecule is CC(Oc1ccc(C(C)(C)C)cc1)C(=O)N1CCCC(C(=O)NCCN)C1.Cl. The average Bonchev–Trinajstić information content (AvgIpc) is 2.65. The third-order valence-corrected chi connectivity index (χ3v) is 4.93. The molecule has 1 heterocycles. The van der Waals surface area contributed by atoms with Gasteiger partial charge < -0.3 is 20.7 Å². The first kappa shape index (κ1) is 24.2. The van der Waals surface area contributed by atoms with E-state index in [2.05, 4.69) is 26.1 Å². The number of carbonyl (C=O) groups is 2. The fraction of sp³-hybridized carbons (Fsp3) is 0.619. The summed E-state index contributed by atoms with van der Waals surface area (Å²) in [7, 11) is 0. The van der Waals surface area contributed by atoms with Gasteiger partial charge in [-0.05, 0) is 42.9 Å². The normalized spacial score (nSPS) is 18.0. The summed E-state index contributed by atoms with van der Waals surface area (Å²) in [6.45, 7) is 10.2. The lowest BCUT2D eigenvalue weighted by molar-refractivity contribution is -0.141. The molecule has 0 saturated carbocycles. The second kappa shape index (κ2) is 10.7. The molecule has 1 aromatic carbocycles. The van der Waals surface area contributed by atoms with Crippen molar-refractivity contribution in [3.05, 3.63) is 29.8 Å². The Morgan fingerprint density at radius 1 is 1.29 bits per heavy atom. The van der Waals surface area contributed by atoms with Crippen LogP contribution in [0.2, 0.25) is 0 Å². The number of nitrogens with two attached hydrogens (primary N) is 1. The number of carbonyl (C=O) groups excluding carboxylic acids is 2. The summed E-state index contributed by atoms with van der Waals surface area (Å²) in [5.74, 6) is 0.404. The Balaban J connectivity index is 0.00000392. The Hall–Kier alpha value is -1.79. The lowest BCUT2D eigenvalue weighted by atomic mass is 9.87. The van der Waals surface area contributed by atoms with Crippen molar-refractivity contribution in [1.29, 1.82) is 0 Å². The highest BCUT2D eigenvalue weighted by atomic mass is 35.5. The molecule has 2 unspecified atom stereocenters. The summed E-state index contributed by atoms with van der Waals surface area (Å²) in [6.07, 6.45) is 1.03. The number of hydrogen-bond donors (Lipinski definition) is 2. The standard InChI is InChI=1S/C21H33N3O3.ClH/c1-15(27-18-9-7-17(8-10-18)21(2,3)4)20(26)24-13-5-6-16(14-24)19(25)23-12-11-22;/h7-10,15-16H,5-6,11-14,22H2,1-4H3,(H,23,25);1H. The van der Waals surface area contributed by atoms with Gasteiger partial charge in [-0.15, -0.1) is 12.4 Å². The zero-order valence-corrected chi connectivity index (χ0v) is 18.2. The van der Waals surface area contributed by atoms with Crippen LogP contribution in [0.25, 0.3) is 0 Å². The zero-order valence-electron chi connectivity index (χ0n) is 17.4. The molecule has 0 aromatic heterocycles. The van der Waals surface area contributed by atoms with Gasteiger partial charge in [0, 0.05) is 26.2 Å². The van der Waals surface area contributed by atoms with Crippen molar-refractivity contribution >= 4 is 24.2 Å². The number of rotatable bonds is 6. The van der Waals surface area contributed by atoms with Gasteiger partial charge >= 0.3 is 0 Å². The topological polar surface area (TPSA) is 84.7 Å². The van der Waals surface area contributed by atoms with Crippen LogP contribution in [0.15, 0.2) is 24.3 Å². The molecule has 1 fully saturated rings. The molecule has 1 aliphatic heterocycles. The summed E-state index contributed by atoms with van der Waals surface area (Å²) in [5.41, 5.74) is 6.73. The van der Waals surface area contributed by atoms with Crippen molar-refractivity contribution in [1.82, 2.24) is 10.2 Å². The highest BCUT2D eigenvalue weighted by Gasteiger charge is 2.31. The van der Waals surface area contributed by atoms with E-state index in [-0.39, 0.29) is 35.6 Å². The molecule has 2 rings (SSSR count). The van der Waals surface area contributed by atoms with E-state index in [0.29, 0.717) is 31.9 Å². The smallest absolute Gasteiger partial charge is 0.263 e. The van der Waals surface area contributed by atoms with Gasteiger partial charge in [0.2, 0.25) is 5.91 Å². The fourth-order valence-corrected chi connectivity index (χ4v) is 3.28. The van der Waals surface area contributed by atoms with Gasteiger partial charge in [-0.1, -0.05) is 32.9 Å². The second-order valence-corrected chi connectivity index (χ2v) is 8.24. The number of likely N-dealkylation sites (tertiary alicyclic amines) is 1. The van der Waals surface area contributed by atoms with Gasteiger partial charge in [0.25, 0.3) is 5.91 Å². The molecular weight excluding hydrogens is 378 g/mol. The van der Waals surface area contributed by atoms with E-state index in [1.165, 1.54) is 5.56 Å². The molecule has 28 heavy (non-hydrogen) atoms. The zero-order chi connectivity index (χ0) is 20.0. The number of benzene rings is 1. The monoisotopic (exact) mass is 411 g/mol. The summed E-state index contributed by atoms with van der Waals surface area (Å²) in [5, 5.41) is 2.81. The molecule has 2 amide bonds. The number of piperidine rings is 1. The quantitative estimate of drug-likeness (QED) is 0.753. The molecule has 7 heteroatoms. The maximum Gasteiger partial charge on any atom is 0.263 e. The van der Waals surface area contributed by atoms with Crippen molar-refractivity contribution in [2.45, 2.75) is 52.1 Å². The van der Waals surface area contributed by atoms with E-state index in [1.54, 1.807) is 11.8 Å². The Morgan fingerprint density at radius 3 is 2.50 bits per heavy atom. The number of ether oxygens (including phenoxy) is 1. The lowest BCUT2D eigenvalue weighted by Crippen LogP contribution is -2.49. The first-order chi connectivity index (χ1) is 12.7. The van der Waals surface area contributed by atoms with E-state index in [0.717, 1.165) is 12.8 Å². The molecule has 3 N–H and O–H groups in total. The Bertz CT molecular complexity index is 643. The van der Waals surface area contributed by atoms with Crippen molar-refractivity contribution < 1.29 is 14.3 Å². The maximum absolute atomic E-state index is 12.8. The van der Waals surface area contributed by atoms with Crippen LogP contribution in [0.5, 0.6) is 5.75 Å². The summed E-state index contributed by atoms with van der Waals surface area (Å²) in [6, 6.07) is 7.88. The first-order valence-electron chi connectivity index (χ1n) is 9.76. The van der Waals surface area contributed by atoms with Crippen LogP contribution in [0.3, 0.4) is 0 Å². The number of halogens is 1. The van der Waals surface area contributed by atoms with E-state index in [9.17, 15) is 9.59 Å². The number of hydrogen-bond acceptors (Lipinski definition) is 4. The third kappa shape index (κ3) is 6.67. The molecule has 1 saturated heterocycles. The van der Waals surface area contributed by atoms with Gasteiger partial charge in [-0.3, -0.25) is 9.59 Å². The van der Waals surface area contributed by atoms with Gasteiger partial charge in [-0.2, -0.15) is 0 Å². The minimum absolute atomic E-state index is 0. The first-order valence-corrected chi connectivity index (χ1v) is 9.76. The molecule has 1 aliphatic rings. The van der Waals surface area contributed by atoms with Gasteiger partial charge in [0.05, 0.1) is 5.92 Å². The van der Waals surface area contributed by atoms with Crippen molar-refractivity contribution in [2.24, 2.45) is 11.7 Å². The fourth-order valence-electron chi connectivity index (χ4n) is 3.28. The Kier molecular flexibility index (Phi) is 9.24. The van der Waals surface area contributed by atoms with Crippen LogP contribution in [0.1, 0.15) is 46.1 Å². The van der Waals surface area contributed by atoms with Crippen LogP contribution in [0.4, 0.5) is 0 Å². The molecule has 0 spiro atoms. The van der Waals surface area contributed by atoms with Gasteiger partial charge in [0.1, 0.15) is 5.75 Å². The molecule has 158 valence electrons. The number of nitrogens with zero attached hydrogens (tertiary/aromatic N) is 1. The minimum atomic E-state index is -0.587. The average molecular weight is 412 g/mol. The van der Waals surface area contributed by atoms with Gasteiger partial charge in [0.15, 0.2) is 6.10 Å². The van der Waals surface area contributed by atoms with Crippen LogP contribution in [0, 0.1) is 5.92 Å². The van der Waals surface area contributed by atoms with E-state index >= 15 is 0 Å². The second-order valence-electron chi connectivity index (χ2n) is 8.24. The van der Waals surface area contributed by atoms with Crippen LogP contribution >= 0.6 is 12.4 Å². The highest BCUT2D eigenvalue weighted by Crippen LogP contribution is 2.25. The van der Waals surface area contributed by atoms with Crippen molar-refractivity contribution in [3.63, 3.8) is 0 Å². The maximum atomic E-state index is 12.8. The summed E-state index contributed by atoms with van der Waals surface area (Å²) >= 11 is 0. The largest absolute Gasteiger partial charge is 0.481 e. The Labute approximate surface area is 174 Å². The number of nitrogens with one attached hydrogen (secondary N) is 1. The van der Waals surface area contributed by atoms with Crippen LogP contribution in [-0.2, 0) is 15.0 Å². The van der Waals surface area contributed by atoms with Crippen molar-refractivity contribution in [3.8, 4) is 5.75 Å². The molecule has 6 nitrogen and oxygen atoms in total. The van der Waals surface area contributed by atoms with Crippen LogP contribution < -0.4 is 15.8 Å². The predicted octanol–water partition coefficient (Wildman–Crippen LogP) is 2.49. The molecule has 1 aromatic rings. The summed E-state index contributed by atoms with van der Waals surface area (Å²) < 4.78 is 5.85. The van der Waals surface area contributed by atoms with E-state index in [1.807, 2.05) is 24.3 Å². The third-order valence-electron chi connectivity index (χ3n) is 4.93. The van der Waals surface area contributed by atoms with Gasteiger partial charge in [-0.25, -0.2) is 0 Å².